The standard InChI is InChI=1S/C15H19NOS/c1-4-10-14(6-3)18(17,16-13-5-2)15-11-8-7-9-12-15/h4-9,11-12H,1-2,10,13H2,3H3/b14-6-. The summed E-state index contributed by atoms with van der Waals surface area (Å²) in [6.07, 6.45) is 5.85. The Hall–Kier alpha value is -1.61. The molecule has 1 atom stereocenters. The summed E-state index contributed by atoms with van der Waals surface area (Å²) >= 11 is 0. The molecule has 2 nitrogen and oxygen atoms in total. The van der Waals surface area contributed by atoms with Crippen LogP contribution in [0.5, 0.6) is 0 Å². The van der Waals surface area contributed by atoms with E-state index in [4.69, 9.17) is 0 Å². The largest absolute Gasteiger partial charge is 0.240 e. The van der Waals surface area contributed by atoms with Gasteiger partial charge in [-0.05, 0) is 25.5 Å². The predicted molar refractivity (Wildman–Crippen MR) is 78.9 cm³/mol. The quantitative estimate of drug-likeness (QED) is 0.706. The summed E-state index contributed by atoms with van der Waals surface area (Å²) in [5, 5.41) is 0. The molecule has 0 aliphatic heterocycles. The Morgan fingerprint density at radius 2 is 1.94 bits per heavy atom. The molecule has 1 aromatic rings. The topological polar surface area (TPSA) is 29.4 Å². The van der Waals surface area contributed by atoms with Gasteiger partial charge in [0.1, 0.15) is 9.73 Å². The molecule has 0 spiro atoms. The monoisotopic (exact) mass is 261 g/mol. The van der Waals surface area contributed by atoms with Crippen molar-refractivity contribution in [2.45, 2.75) is 18.2 Å². The van der Waals surface area contributed by atoms with Gasteiger partial charge in [0.25, 0.3) is 0 Å². The van der Waals surface area contributed by atoms with Gasteiger partial charge in [0.2, 0.25) is 0 Å². The van der Waals surface area contributed by atoms with Crippen molar-refractivity contribution >= 4 is 9.73 Å². The Morgan fingerprint density at radius 1 is 1.28 bits per heavy atom. The first-order valence-electron chi connectivity index (χ1n) is 5.84. The summed E-state index contributed by atoms with van der Waals surface area (Å²) in [5.41, 5.74) is 0. The second kappa shape index (κ2) is 6.97. The smallest absolute Gasteiger partial charge is 0.100 e. The maximum atomic E-state index is 13.1. The highest BCUT2D eigenvalue weighted by Gasteiger charge is 2.16. The first-order chi connectivity index (χ1) is 8.69. The van der Waals surface area contributed by atoms with Crippen molar-refractivity contribution in [2.75, 3.05) is 6.54 Å². The van der Waals surface area contributed by atoms with E-state index in [0.717, 1.165) is 9.80 Å². The van der Waals surface area contributed by atoms with Crippen molar-refractivity contribution in [2.24, 2.45) is 4.36 Å². The Labute approximate surface area is 110 Å². The van der Waals surface area contributed by atoms with Crippen molar-refractivity contribution in [3.63, 3.8) is 0 Å². The Kier molecular flexibility index (Phi) is 5.59. The third-order valence-corrected chi connectivity index (χ3v) is 5.01. The van der Waals surface area contributed by atoms with Crippen LogP contribution in [0.3, 0.4) is 0 Å². The van der Waals surface area contributed by atoms with Crippen LogP contribution in [0.4, 0.5) is 0 Å². The van der Waals surface area contributed by atoms with Gasteiger partial charge < -0.3 is 0 Å². The van der Waals surface area contributed by atoms with E-state index in [-0.39, 0.29) is 0 Å². The van der Waals surface area contributed by atoms with Crippen LogP contribution in [0, 0.1) is 0 Å². The molecule has 0 saturated carbocycles. The van der Waals surface area contributed by atoms with Crippen LogP contribution in [0.1, 0.15) is 13.3 Å². The van der Waals surface area contributed by atoms with Crippen LogP contribution in [0.2, 0.25) is 0 Å². The number of hydrogen-bond acceptors (Lipinski definition) is 2. The van der Waals surface area contributed by atoms with Crippen LogP contribution < -0.4 is 0 Å². The van der Waals surface area contributed by atoms with E-state index in [1.807, 2.05) is 43.3 Å². The Morgan fingerprint density at radius 3 is 2.44 bits per heavy atom. The van der Waals surface area contributed by atoms with E-state index < -0.39 is 9.73 Å². The predicted octanol–water partition coefficient (Wildman–Crippen LogP) is 4.18. The lowest BCUT2D eigenvalue weighted by Crippen LogP contribution is -2.05. The minimum Gasteiger partial charge on any atom is -0.240 e. The lowest BCUT2D eigenvalue weighted by Gasteiger charge is -2.12. The molecule has 0 heterocycles. The lowest BCUT2D eigenvalue weighted by molar-refractivity contribution is 0.678. The van der Waals surface area contributed by atoms with Crippen molar-refractivity contribution in [1.29, 1.82) is 0 Å². The van der Waals surface area contributed by atoms with E-state index in [9.17, 15) is 4.21 Å². The second-order valence-corrected chi connectivity index (χ2v) is 5.99. The Balaban J connectivity index is 3.41. The van der Waals surface area contributed by atoms with Gasteiger partial charge in [-0.2, -0.15) is 0 Å². The molecule has 18 heavy (non-hydrogen) atoms. The molecule has 0 aliphatic carbocycles. The highest BCUT2D eigenvalue weighted by atomic mass is 32.2. The first-order valence-corrected chi connectivity index (χ1v) is 7.35. The molecular weight excluding hydrogens is 242 g/mol. The molecule has 0 N–H and O–H groups in total. The third kappa shape index (κ3) is 3.20. The van der Waals surface area contributed by atoms with Gasteiger partial charge in [0.15, 0.2) is 0 Å². The fourth-order valence-electron chi connectivity index (χ4n) is 1.60. The third-order valence-electron chi connectivity index (χ3n) is 2.47. The van der Waals surface area contributed by atoms with Gasteiger partial charge in [-0.25, -0.2) is 8.57 Å². The zero-order valence-corrected chi connectivity index (χ0v) is 11.5. The number of hydrogen-bond donors (Lipinski definition) is 0. The number of allylic oxidation sites excluding steroid dienone is 3. The van der Waals surface area contributed by atoms with Crippen molar-refractivity contribution < 1.29 is 4.21 Å². The molecule has 0 aliphatic rings. The van der Waals surface area contributed by atoms with Crippen LogP contribution in [0.25, 0.3) is 0 Å². The fraction of sp³-hybridized carbons (Fsp3) is 0.200. The molecule has 0 saturated heterocycles. The van der Waals surface area contributed by atoms with E-state index in [1.165, 1.54) is 0 Å². The maximum absolute atomic E-state index is 13.1. The van der Waals surface area contributed by atoms with Crippen LogP contribution >= 0.6 is 0 Å². The summed E-state index contributed by atoms with van der Waals surface area (Å²) in [6, 6.07) is 9.35. The lowest BCUT2D eigenvalue weighted by atomic mass is 10.4. The highest BCUT2D eigenvalue weighted by molar-refractivity contribution is 7.97. The van der Waals surface area contributed by atoms with Gasteiger partial charge >= 0.3 is 0 Å². The number of nitrogens with zero attached hydrogens (tertiary/aromatic N) is 1. The summed E-state index contributed by atoms with van der Waals surface area (Å²) in [6.45, 7) is 9.59. The van der Waals surface area contributed by atoms with Crippen LogP contribution in [0.15, 0.2) is 75.9 Å². The molecule has 0 amide bonds. The van der Waals surface area contributed by atoms with E-state index in [1.54, 1.807) is 12.2 Å². The molecule has 1 rings (SSSR count). The van der Waals surface area contributed by atoms with Gasteiger partial charge in [-0.15, -0.1) is 13.2 Å². The van der Waals surface area contributed by atoms with Gasteiger partial charge in [-0.3, -0.25) is 0 Å². The molecular formula is C15H19NOS. The minimum atomic E-state index is -2.54. The van der Waals surface area contributed by atoms with Crippen molar-refractivity contribution in [1.82, 2.24) is 0 Å². The van der Waals surface area contributed by atoms with E-state index >= 15 is 0 Å². The van der Waals surface area contributed by atoms with Crippen molar-refractivity contribution in [3.05, 3.63) is 66.6 Å². The summed E-state index contributed by atoms with van der Waals surface area (Å²) in [5.74, 6) is 0. The first kappa shape index (κ1) is 14.5. The Bertz CT molecular complexity index is 549. The van der Waals surface area contributed by atoms with E-state index in [0.29, 0.717) is 13.0 Å². The summed E-state index contributed by atoms with van der Waals surface area (Å²) in [7, 11) is -2.54. The number of rotatable bonds is 6. The summed E-state index contributed by atoms with van der Waals surface area (Å²) < 4.78 is 17.5. The molecule has 96 valence electrons. The molecule has 0 radical (unpaired) electrons. The minimum absolute atomic E-state index is 0.377. The normalized spacial score (nSPS) is 14.6. The molecule has 1 aromatic carbocycles. The molecule has 0 aromatic heterocycles. The molecule has 1 unspecified atom stereocenters. The van der Waals surface area contributed by atoms with Gasteiger partial charge in [0, 0.05) is 4.91 Å². The average molecular weight is 261 g/mol. The van der Waals surface area contributed by atoms with Crippen LogP contribution in [-0.2, 0) is 9.73 Å². The fourth-order valence-corrected chi connectivity index (χ4v) is 3.73. The van der Waals surface area contributed by atoms with Crippen molar-refractivity contribution in [3.8, 4) is 0 Å². The number of benzene rings is 1. The molecule has 0 bridgehead atoms. The van der Waals surface area contributed by atoms with Gasteiger partial charge in [-0.1, -0.05) is 36.4 Å². The zero-order chi connectivity index (χ0) is 13.4. The zero-order valence-electron chi connectivity index (χ0n) is 10.7. The maximum Gasteiger partial charge on any atom is 0.100 e. The van der Waals surface area contributed by atoms with Gasteiger partial charge in [0.05, 0.1) is 11.4 Å². The van der Waals surface area contributed by atoms with E-state index in [2.05, 4.69) is 17.5 Å². The average Bonchev–Trinajstić information content (AvgIpc) is 2.43. The SMILES string of the molecule is C=CCN=S(=O)(/C(=C\C)CC=C)c1ccccc1. The highest BCUT2D eigenvalue weighted by Crippen LogP contribution is 2.24. The molecule has 0 fully saturated rings. The second-order valence-electron chi connectivity index (χ2n) is 3.69. The molecule has 3 heteroatoms. The van der Waals surface area contributed by atoms with Crippen LogP contribution in [-0.4, -0.2) is 10.8 Å². The summed E-state index contributed by atoms with van der Waals surface area (Å²) in [4.78, 5) is 1.53.